The van der Waals surface area contributed by atoms with E-state index >= 15 is 0 Å². The van der Waals surface area contributed by atoms with Crippen molar-refractivity contribution >= 4 is 22.9 Å². The minimum atomic E-state index is -0.336. The number of allylic oxidation sites excluding steroid dienone is 3. The molecule has 0 N–H and O–H groups in total. The molecule has 0 radical (unpaired) electrons. The number of fused-ring (bicyclic) bond motifs is 1. The van der Waals surface area contributed by atoms with Gasteiger partial charge in [-0.3, -0.25) is 4.79 Å². The Hall–Kier alpha value is -3.25. The van der Waals surface area contributed by atoms with Crippen LogP contribution in [0.4, 0.5) is 0 Å². The van der Waals surface area contributed by atoms with Crippen molar-refractivity contribution in [3.05, 3.63) is 76.4 Å². The summed E-state index contributed by atoms with van der Waals surface area (Å²) in [6, 6.07) is 8.27. The van der Waals surface area contributed by atoms with Crippen LogP contribution in [0.1, 0.15) is 45.1 Å². The van der Waals surface area contributed by atoms with Crippen molar-refractivity contribution < 1.29 is 14.3 Å². The normalized spacial score (nSPS) is 14.0. The van der Waals surface area contributed by atoms with Crippen molar-refractivity contribution in [2.24, 2.45) is 0 Å². The Kier molecular flexibility index (Phi) is 8.19. The Balaban J connectivity index is 2.29. The average Bonchev–Trinajstić information content (AvgIpc) is 3.29. The number of amides is 1. The lowest BCUT2D eigenvalue weighted by Gasteiger charge is -2.36. The molecular weight excluding hydrogens is 468 g/mol. The van der Waals surface area contributed by atoms with E-state index in [0.29, 0.717) is 5.57 Å². The lowest BCUT2D eigenvalue weighted by Crippen LogP contribution is -2.43. The van der Waals surface area contributed by atoms with Crippen LogP contribution in [0.5, 0.6) is 11.5 Å². The Bertz CT molecular complexity index is 1260. The maximum absolute atomic E-state index is 13.5. The van der Waals surface area contributed by atoms with Crippen LogP contribution in [0.25, 0.3) is 16.1 Å². The predicted octanol–water partition coefficient (Wildman–Crippen LogP) is 7.06. The zero-order valence-corrected chi connectivity index (χ0v) is 23.8. The summed E-state index contributed by atoms with van der Waals surface area (Å²) in [5, 5.41) is 0. The molecule has 1 aliphatic rings. The minimum absolute atomic E-state index is 0.119. The number of thiophene rings is 1. The summed E-state index contributed by atoms with van der Waals surface area (Å²) in [6.07, 6.45) is 6.12. The van der Waals surface area contributed by atoms with Crippen LogP contribution in [0.3, 0.4) is 0 Å². The van der Waals surface area contributed by atoms with Crippen LogP contribution in [0, 0.1) is 6.92 Å². The van der Waals surface area contributed by atoms with E-state index in [0.717, 1.165) is 44.5 Å². The molecule has 1 amide bonds. The average molecular weight is 507 g/mol. The van der Waals surface area contributed by atoms with Gasteiger partial charge in [-0.05, 0) is 65.8 Å². The third-order valence-electron chi connectivity index (χ3n) is 6.51. The first-order valence-corrected chi connectivity index (χ1v) is 12.9. The molecular formula is C30H38N2O3S. The SMILES string of the molecule is C=C(C(=O)N(C)C(C)(C)C)C1=C(N(C)C(/C=C\C)=C/C)c2cc(-c3ccc(C)s3)c(OC)cc2OC1. The number of ether oxygens (including phenoxy) is 2. The topological polar surface area (TPSA) is 42.0 Å². The fraction of sp³-hybridized carbons (Fsp3) is 0.367. The second kappa shape index (κ2) is 10.8. The second-order valence-electron chi connectivity index (χ2n) is 9.86. The third kappa shape index (κ3) is 5.29. The molecule has 0 saturated heterocycles. The molecule has 1 aliphatic heterocycles. The number of rotatable bonds is 7. The van der Waals surface area contributed by atoms with Gasteiger partial charge in [-0.25, -0.2) is 0 Å². The Morgan fingerprint density at radius 2 is 1.86 bits per heavy atom. The molecule has 0 saturated carbocycles. The smallest absolute Gasteiger partial charge is 0.253 e. The van der Waals surface area contributed by atoms with Crippen molar-refractivity contribution in [3.63, 3.8) is 0 Å². The van der Waals surface area contributed by atoms with E-state index < -0.39 is 0 Å². The number of likely N-dealkylation sites (N-methyl/N-ethyl adjacent to an activating group) is 2. The van der Waals surface area contributed by atoms with Gasteiger partial charge in [-0.15, -0.1) is 11.3 Å². The van der Waals surface area contributed by atoms with E-state index in [-0.39, 0.29) is 18.1 Å². The zero-order chi connectivity index (χ0) is 26.8. The summed E-state index contributed by atoms with van der Waals surface area (Å²) in [5.74, 6) is 1.35. The van der Waals surface area contributed by atoms with Gasteiger partial charge in [0.25, 0.3) is 5.91 Å². The molecule has 0 unspecified atom stereocenters. The van der Waals surface area contributed by atoms with Gasteiger partial charge < -0.3 is 19.3 Å². The predicted molar refractivity (Wildman–Crippen MR) is 151 cm³/mol. The summed E-state index contributed by atoms with van der Waals surface area (Å²) in [5.41, 5.74) is 4.66. The minimum Gasteiger partial charge on any atom is -0.496 e. The molecule has 2 heterocycles. The fourth-order valence-corrected chi connectivity index (χ4v) is 5.03. The molecule has 0 fully saturated rings. The van der Waals surface area contributed by atoms with Crippen molar-refractivity contribution in [3.8, 4) is 21.9 Å². The number of hydrogen-bond donors (Lipinski definition) is 0. The zero-order valence-electron chi connectivity index (χ0n) is 23.0. The van der Waals surface area contributed by atoms with E-state index in [2.05, 4.69) is 48.8 Å². The van der Waals surface area contributed by atoms with Crippen LogP contribution >= 0.6 is 11.3 Å². The second-order valence-corrected chi connectivity index (χ2v) is 11.1. The molecule has 36 heavy (non-hydrogen) atoms. The quantitative estimate of drug-likeness (QED) is 0.298. The first kappa shape index (κ1) is 27.3. The number of nitrogens with zero attached hydrogens (tertiary/aromatic N) is 2. The molecule has 0 bridgehead atoms. The van der Waals surface area contributed by atoms with Crippen molar-refractivity contribution in [2.45, 2.75) is 47.1 Å². The van der Waals surface area contributed by atoms with Crippen LogP contribution in [0.15, 0.2) is 65.9 Å². The van der Waals surface area contributed by atoms with Gasteiger partial charge in [0.05, 0.1) is 12.8 Å². The van der Waals surface area contributed by atoms with Gasteiger partial charge in [0.1, 0.15) is 18.1 Å². The van der Waals surface area contributed by atoms with Crippen LogP contribution in [-0.4, -0.2) is 49.1 Å². The largest absolute Gasteiger partial charge is 0.496 e. The highest BCUT2D eigenvalue weighted by molar-refractivity contribution is 7.15. The lowest BCUT2D eigenvalue weighted by molar-refractivity contribution is -0.129. The summed E-state index contributed by atoms with van der Waals surface area (Å²) in [4.78, 5) is 19.7. The summed E-state index contributed by atoms with van der Waals surface area (Å²) in [6.45, 7) is 16.6. The van der Waals surface area contributed by atoms with Gasteiger partial charge >= 0.3 is 0 Å². The third-order valence-corrected chi connectivity index (χ3v) is 7.54. The number of benzene rings is 1. The molecule has 5 nitrogen and oxygen atoms in total. The maximum Gasteiger partial charge on any atom is 0.253 e. The first-order valence-electron chi connectivity index (χ1n) is 12.1. The Morgan fingerprint density at radius 1 is 1.17 bits per heavy atom. The van der Waals surface area contributed by atoms with Crippen LogP contribution < -0.4 is 9.47 Å². The molecule has 0 atom stereocenters. The molecule has 1 aromatic carbocycles. The van der Waals surface area contributed by atoms with Crippen molar-refractivity contribution in [2.75, 3.05) is 27.8 Å². The van der Waals surface area contributed by atoms with Crippen molar-refractivity contribution in [1.29, 1.82) is 0 Å². The highest BCUT2D eigenvalue weighted by Gasteiger charge is 2.32. The van der Waals surface area contributed by atoms with Crippen LogP contribution in [0.2, 0.25) is 0 Å². The molecule has 192 valence electrons. The molecule has 0 aliphatic carbocycles. The number of carbonyl (C=O) groups excluding carboxylic acids is 1. The Morgan fingerprint density at radius 3 is 2.39 bits per heavy atom. The number of methoxy groups -OCH3 is 1. The first-order chi connectivity index (χ1) is 16.9. The van der Waals surface area contributed by atoms with Crippen molar-refractivity contribution in [1.82, 2.24) is 9.80 Å². The standard InChI is InChI=1S/C30H38N2O3S/c1-11-13-21(12-2)31(8)28-23-16-22(27-15-14-19(3)36-27)25(34-10)17-26(23)35-18-24(28)20(4)29(33)32(9)30(5,6)7/h11-17H,4,18H2,1-3,5-10H3/b13-11-,21-12+. The van der Waals surface area contributed by atoms with Crippen LogP contribution in [-0.2, 0) is 4.79 Å². The maximum atomic E-state index is 13.5. The molecule has 1 aromatic heterocycles. The fourth-order valence-electron chi connectivity index (χ4n) is 4.14. The molecule has 2 aromatic rings. The number of aryl methyl sites for hydroxylation is 1. The van der Waals surface area contributed by atoms with E-state index in [4.69, 9.17) is 9.47 Å². The Labute approximate surface area is 220 Å². The van der Waals surface area contributed by atoms with Gasteiger partial charge in [0, 0.05) is 63.4 Å². The summed E-state index contributed by atoms with van der Waals surface area (Å²) < 4.78 is 12.0. The molecule has 6 heteroatoms. The van der Waals surface area contributed by atoms with E-state index in [1.165, 1.54) is 4.88 Å². The lowest BCUT2D eigenvalue weighted by atomic mass is 9.93. The van der Waals surface area contributed by atoms with Gasteiger partial charge in [-0.2, -0.15) is 0 Å². The van der Waals surface area contributed by atoms with Gasteiger partial charge in [0.15, 0.2) is 0 Å². The number of carbonyl (C=O) groups is 1. The highest BCUT2D eigenvalue weighted by Crippen LogP contribution is 2.45. The van der Waals surface area contributed by atoms with E-state index in [1.807, 2.05) is 60.9 Å². The highest BCUT2D eigenvalue weighted by atomic mass is 32.1. The van der Waals surface area contributed by atoms with Gasteiger partial charge in [-0.1, -0.05) is 18.7 Å². The monoisotopic (exact) mass is 506 g/mol. The number of hydrogen-bond acceptors (Lipinski definition) is 5. The van der Waals surface area contributed by atoms with E-state index in [1.54, 1.807) is 23.3 Å². The van der Waals surface area contributed by atoms with E-state index in [9.17, 15) is 4.79 Å². The van der Waals surface area contributed by atoms with Gasteiger partial charge in [0.2, 0.25) is 0 Å². The molecule has 3 rings (SSSR count). The molecule has 0 spiro atoms. The summed E-state index contributed by atoms with van der Waals surface area (Å²) in [7, 11) is 5.51. The summed E-state index contributed by atoms with van der Waals surface area (Å²) >= 11 is 1.72.